The summed E-state index contributed by atoms with van der Waals surface area (Å²) in [7, 11) is 0. The van der Waals surface area contributed by atoms with E-state index in [1.807, 2.05) is 35.1 Å². The predicted octanol–water partition coefficient (Wildman–Crippen LogP) is 5.44. The second-order valence-corrected chi connectivity index (χ2v) is 9.55. The van der Waals surface area contributed by atoms with Crippen LogP contribution in [0.5, 0.6) is 0 Å². The molecule has 0 N–H and O–H groups in total. The first kappa shape index (κ1) is 22.7. The molecule has 0 atom stereocenters. The van der Waals surface area contributed by atoms with Crippen LogP contribution in [0, 0.1) is 0 Å². The molecule has 0 amide bonds. The first-order valence-electron chi connectivity index (χ1n) is 12.3. The van der Waals surface area contributed by atoms with Crippen LogP contribution < -0.4 is 4.90 Å². The number of fused-ring (bicyclic) bond motifs is 1. The summed E-state index contributed by atoms with van der Waals surface area (Å²) in [5, 5.41) is 6.35. The van der Waals surface area contributed by atoms with Crippen molar-refractivity contribution >= 4 is 28.5 Å². The molecular weight excluding hydrogens is 468 g/mol. The van der Waals surface area contributed by atoms with Gasteiger partial charge in [-0.2, -0.15) is 5.10 Å². The van der Waals surface area contributed by atoms with E-state index in [2.05, 4.69) is 85.5 Å². The number of benzene rings is 3. The van der Waals surface area contributed by atoms with Crippen molar-refractivity contribution in [2.24, 2.45) is 0 Å². The molecule has 7 heteroatoms. The normalized spacial score (nSPS) is 14.6. The van der Waals surface area contributed by atoms with Gasteiger partial charge in [0.2, 0.25) is 0 Å². The third kappa shape index (κ3) is 4.57. The smallest absolute Gasteiger partial charge is 0.163 e. The zero-order chi connectivity index (χ0) is 24.3. The molecule has 0 bridgehead atoms. The summed E-state index contributed by atoms with van der Waals surface area (Å²) in [5.74, 6) is 0.956. The zero-order valence-electron chi connectivity index (χ0n) is 19.9. The van der Waals surface area contributed by atoms with Crippen molar-refractivity contribution in [1.29, 1.82) is 0 Å². The third-order valence-electron chi connectivity index (χ3n) is 6.87. The van der Waals surface area contributed by atoms with E-state index in [9.17, 15) is 0 Å². The Morgan fingerprint density at radius 1 is 0.750 bits per heavy atom. The molecule has 1 fully saturated rings. The highest BCUT2D eigenvalue weighted by atomic mass is 35.5. The number of aromatic nitrogens is 4. The summed E-state index contributed by atoms with van der Waals surface area (Å²) in [6, 6.07) is 29.7. The summed E-state index contributed by atoms with van der Waals surface area (Å²) in [5.41, 5.74) is 4.63. The molecule has 36 heavy (non-hydrogen) atoms. The molecule has 6 rings (SSSR count). The lowest BCUT2D eigenvalue weighted by Gasteiger charge is -2.40. The van der Waals surface area contributed by atoms with Gasteiger partial charge in [-0.3, -0.25) is 4.90 Å². The van der Waals surface area contributed by atoms with Crippen molar-refractivity contribution in [2.75, 3.05) is 31.1 Å². The van der Waals surface area contributed by atoms with E-state index in [1.165, 1.54) is 11.1 Å². The zero-order valence-corrected chi connectivity index (χ0v) is 20.7. The fraction of sp³-hybridized carbons (Fsp3) is 0.207. The Morgan fingerprint density at radius 3 is 2.03 bits per heavy atom. The standard InChI is InChI=1S/C29H27ClN6/c30-25-13-11-22(12-14-25)20-36-29-26(19-33-36)28(31-21-32-29)35-17-15-34(16-18-35)27(23-7-3-1-4-8-23)24-9-5-2-6-10-24/h1-14,19,21,27H,15-18,20H2. The fourth-order valence-electron chi connectivity index (χ4n) is 5.09. The van der Waals surface area contributed by atoms with Gasteiger partial charge in [-0.15, -0.1) is 0 Å². The summed E-state index contributed by atoms with van der Waals surface area (Å²) in [6.45, 7) is 4.31. The number of rotatable bonds is 6. The maximum Gasteiger partial charge on any atom is 0.163 e. The summed E-state index contributed by atoms with van der Waals surface area (Å²) >= 11 is 6.04. The lowest BCUT2D eigenvalue weighted by molar-refractivity contribution is 0.212. The van der Waals surface area contributed by atoms with E-state index in [0.717, 1.165) is 53.6 Å². The SMILES string of the molecule is Clc1ccc(Cn2ncc3c(N4CCN(C(c5ccccc5)c5ccccc5)CC4)ncnc32)cc1. The Bertz CT molecular complexity index is 1390. The summed E-state index contributed by atoms with van der Waals surface area (Å²) in [4.78, 5) is 14.2. The highest BCUT2D eigenvalue weighted by molar-refractivity contribution is 6.30. The average Bonchev–Trinajstić information content (AvgIpc) is 3.35. The van der Waals surface area contributed by atoms with Gasteiger partial charge in [-0.25, -0.2) is 14.6 Å². The minimum atomic E-state index is 0.238. The quantitative estimate of drug-likeness (QED) is 0.314. The number of hydrogen-bond donors (Lipinski definition) is 0. The molecule has 1 aliphatic rings. The number of hydrogen-bond acceptors (Lipinski definition) is 5. The lowest BCUT2D eigenvalue weighted by atomic mass is 9.96. The van der Waals surface area contributed by atoms with E-state index in [0.29, 0.717) is 6.54 Å². The van der Waals surface area contributed by atoms with E-state index >= 15 is 0 Å². The van der Waals surface area contributed by atoms with Gasteiger partial charge in [0.05, 0.1) is 24.2 Å². The monoisotopic (exact) mass is 494 g/mol. The number of anilines is 1. The van der Waals surface area contributed by atoms with Gasteiger partial charge >= 0.3 is 0 Å². The first-order valence-corrected chi connectivity index (χ1v) is 12.6. The third-order valence-corrected chi connectivity index (χ3v) is 7.12. The van der Waals surface area contributed by atoms with Crippen LogP contribution in [0.4, 0.5) is 5.82 Å². The molecule has 180 valence electrons. The van der Waals surface area contributed by atoms with Crippen LogP contribution >= 0.6 is 11.6 Å². The van der Waals surface area contributed by atoms with Gasteiger partial charge < -0.3 is 4.90 Å². The van der Waals surface area contributed by atoms with Gasteiger partial charge in [0.1, 0.15) is 12.1 Å². The van der Waals surface area contributed by atoms with Gasteiger partial charge in [0, 0.05) is 31.2 Å². The van der Waals surface area contributed by atoms with E-state index in [1.54, 1.807) is 6.33 Å². The Balaban J connectivity index is 1.22. The molecule has 0 radical (unpaired) electrons. The van der Waals surface area contributed by atoms with Crippen LogP contribution in [-0.4, -0.2) is 50.8 Å². The molecule has 0 unspecified atom stereocenters. The highest BCUT2D eigenvalue weighted by Crippen LogP contribution is 2.31. The van der Waals surface area contributed by atoms with Crippen LogP contribution in [0.25, 0.3) is 11.0 Å². The van der Waals surface area contributed by atoms with E-state index in [4.69, 9.17) is 11.6 Å². The van der Waals surface area contributed by atoms with Crippen molar-refractivity contribution in [3.05, 3.63) is 119 Å². The van der Waals surface area contributed by atoms with Crippen LogP contribution in [0.15, 0.2) is 97.5 Å². The van der Waals surface area contributed by atoms with Crippen LogP contribution in [0.1, 0.15) is 22.7 Å². The topological polar surface area (TPSA) is 50.1 Å². The van der Waals surface area contributed by atoms with Crippen LogP contribution in [0.3, 0.4) is 0 Å². The molecule has 0 aliphatic carbocycles. The van der Waals surface area contributed by atoms with Crippen molar-refractivity contribution < 1.29 is 0 Å². The average molecular weight is 495 g/mol. The van der Waals surface area contributed by atoms with Crippen LogP contribution in [-0.2, 0) is 6.54 Å². The Morgan fingerprint density at radius 2 is 1.39 bits per heavy atom. The molecule has 3 heterocycles. The van der Waals surface area contributed by atoms with Gasteiger partial charge in [-0.1, -0.05) is 84.4 Å². The molecule has 5 aromatic rings. The maximum absolute atomic E-state index is 6.04. The van der Waals surface area contributed by atoms with Crippen molar-refractivity contribution in [2.45, 2.75) is 12.6 Å². The Kier molecular flexibility index (Phi) is 6.36. The second-order valence-electron chi connectivity index (χ2n) is 9.11. The second kappa shape index (κ2) is 10.1. The van der Waals surface area contributed by atoms with Gasteiger partial charge in [-0.05, 0) is 28.8 Å². The van der Waals surface area contributed by atoms with Crippen molar-refractivity contribution in [1.82, 2.24) is 24.6 Å². The van der Waals surface area contributed by atoms with Crippen LogP contribution in [0.2, 0.25) is 5.02 Å². The number of piperazine rings is 1. The summed E-state index contributed by atoms with van der Waals surface area (Å²) < 4.78 is 1.93. The molecule has 2 aromatic heterocycles. The van der Waals surface area contributed by atoms with E-state index < -0.39 is 0 Å². The molecular formula is C29H27ClN6. The van der Waals surface area contributed by atoms with E-state index in [-0.39, 0.29) is 6.04 Å². The first-order chi connectivity index (χ1) is 17.8. The molecule has 0 spiro atoms. The predicted molar refractivity (Wildman–Crippen MR) is 144 cm³/mol. The fourth-order valence-corrected chi connectivity index (χ4v) is 5.21. The lowest BCUT2D eigenvalue weighted by Crippen LogP contribution is -2.48. The molecule has 6 nitrogen and oxygen atoms in total. The Labute approximate surface area is 215 Å². The maximum atomic E-state index is 6.04. The molecule has 1 saturated heterocycles. The minimum Gasteiger partial charge on any atom is -0.353 e. The summed E-state index contributed by atoms with van der Waals surface area (Å²) in [6.07, 6.45) is 3.55. The van der Waals surface area contributed by atoms with Crippen molar-refractivity contribution in [3.8, 4) is 0 Å². The van der Waals surface area contributed by atoms with Gasteiger partial charge in [0.25, 0.3) is 0 Å². The van der Waals surface area contributed by atoms with Gasteiger partial charge in [0.15, 0.2) is 5.65 Å². The minimum absolute atomic E-state index is 0.238. The molecule has 1 aliphatic heterocycles. The largest absolute Gasteiger partial charge is 0.353 e. The number of halogens is 1. The Hall–Kier alpha value is -3.74. The highest BCUT2D eigenvalue weighted by Gasteiger charge is 2.28. The molecule has 3 aromatic carbocycles. The van der Waals surface area contributed by atoms with Crippen molar-refractivity contribution in [3.63, 3.8) is 0 Å². The number of nitrogens with zero attached hydrogens (tertiary/aromatic N) is 6. The molecule has 0 saturated carbocycles.